The molecule has 0 atom stereocenters. The summed E-state index contributed by atoms with van der Waals surface area (Å²) in [5, 5.41) is 18.0. The average Bonchev–Trinajstić information content (AvgIpc) is 2.46. The lowest BCUT2D eigenvalue weighted by Gasteiger charge is -2.00. The van der Waals surface area contributed by atoms with Crippen LogP contribution in [-0.4, -0.2) is 0 Å². The monoisotopic (exact) mass is 308 g/mol. The minimum Gasteiger partial charge on any atom is -0.192 e. The summed E-state index contributed by atoms with van der Waals surface area (Å²) < 4.78 is 0.979. The van der Waals surface area contributed by atoms with Gasteiger partial charge < -0.3 is 0 Å². The molecule has 0 aliphatic heterocycles. The highest BCUT2D eigenvalue weighted by molar-refractivity contribution is 9.10. The summed E-state index contributed by atoms with van der Waals surface area (Å²) in [5.41, 5.74) is 2.98. The maximum atomic E-state index is 9.23. The molecule has 90 valence electrons. The topological polar surface area (TPSA) is 47.6 Å². The van der Waals surface area contributed by atoms with Gasteiger partial charge >= 0.3 is 0 Å². The number of nitrogens with zero attached hydrogens (tertiary/aromatic N) is 2. The molecule has 2 rings (SSSR count). The number of allylic oxidation sites excluding steroid dienone is 1. The van der Waals surface area contributed by atoms with E-state index in [1.807, 2.05) is 42.5 Å². The predicted molar refractivity (Wildman–Crippen MR) is 78.8 cm³/mol. The van der Waals surface area contributed by atoms with Crippen molar-refractivity contribution in [2.45, 2.75) is 0 Å². The smallest absolute Gasteiger partial charge is 0.0998 e. The molecule has 2 aromatic carbocycles. The standard InChI is InChI=1S/C16H9BrN2/c17-16-7-5-14(6-8-16)15(11-19)9-12-1-3-13(10-18)4-2-12/h1-9H. The van der Waals surface area contributed by atoms with E-state index in [2.05, 4.69) is 28.1 Å². The molecule has 19 heavy (non-hydrogen) atoms. The third-order valence-electron chi connectivity index (χ3n) is 2.63. The van der Waals surface area contributed by atoms with Gasteiger partial charge in [-0.05, 0) is 41.5 Å². The molecule has 0 aliphatic rings. The number of hydrogen-bond donors (Lipinski definition) is 0. The third kappa shape index (κ3) is 3.31. The first-order valence-electron chi connectivity index (χ1n) is 5.61. The Morgan fingerprint density at radius 3 is 2.11 bits per heavy atom. The molecule has 3 heteroatoms. The number of nitriles is 2. The molecule has 0 amide bonds. The molecular weight excluding hydrogens is 300 g/mol. The van der Waals surface area contributed by atoms with E-state index >= 15 is 0 Å². The van der Waals surface area contributed by atoms with Gasteiger partial charge in [0.1, 0.15) is 0 Å². The van der Waals surface area contributed by atoms with Gasteiger partial charge in [0.15, 0.2) is 0 Å². The summed E-state index contributed by atoms with van der Waals surface area (Å²) in [6, 6.07) is 19.0. The summed E-state index contributed by atoms with van der Waals surface area (Å²) in [6.07, 6.45) is 1.81. The predicted octanol–water partition coefficient (Wildman–Crippen LogP) is 4.38. The first kappa shape index (κ1) is 13.1. The Kier molecular flexibility index (Phi) is 4.13. The van der Waals surface area contributed by atoms with E-state index in [0.29, 0.717) is 11.1 Å². The van der Waals surface area contributed by atoms with Gasteiger partial charge in [0.2, 0.25) is 0 Å². The second-order valence-electron chi connectivity index (χ2n) is 3.91. The van der Waals surface area contributed by atoms with Crippen LogP contribution in [0.25, 0.3) is 11.6 Å². The van der Waals surface area contributed by atoms with E-state index in [0.717, 1.165) is 15.6 Å². The Hall–Kier alpha value is -2.36. The third-order valence-corrected chi connectivity index (χ3v) is 3.16. The molecule has 2 aromatic rings. The van der Waals surface area contributed by atoms with Crippen LogP contribution < -0.4 is 0 Å². The van der Waals surface area contributed by atoms with E-state index in [-0.39, 0.29) is 0 Å². The summed E-state index contributed by atoms with van der Waals surface area (Å²) in [7, 11) is 0. The zero-order valence-electron chi connectivity index (χ0n) is 9.97. The molecule has 0 aliphatic carbocycles. The first-order valence-corrected chi connectivity index (χ1v) is 6.40. The molecule has 0 N–H and O–H groups in total. The second kappa shape index (κ2) is 6.00. The first-order chi connectivity index (χ1) is 9.22. The van der Waals surface area contributed by atoms with Gasteiger partial charge in [0.25, 0.3) is 0 Å². The number of rotatable bonds is 2. The minimum atomic E-state index is 0.595. The van der Waals surface area contributed by atoms with Gasteiger partial charge in [0, 0.05) is 4.47 Å². The zero-order valence-corrected chi connectivity index (χ0v) is 11.6. The van der Waals surface area contributed by atoms with Crippen LogP contribution >= 0.6 is 15.9 Å². The number of hydrogen-bond acceptors (Lipinski definition) is 2. The highest BCUT2D eigenvalue weighted by atomic mass is 79.9. The van der Waals surface area contributed by atoms with E-state index in [1.165, 1.54) is 0 Å². The molecule has 0 unspecified atom stereocenters. The Morgan fingerprint density at radius 2 is 1.58 bits per heavy atom. The molecule has 0 aromatic heterocycles. The Morgan fingerprint density at radius 1 is 0.947 bits per heavy atom. The normalized spacial score (nSPS) is 10.6. The molecule has 0 saturated carbocycles. The maximum Gasteiger partial charge on any atom is 0.0998 e. The van der Waals surface area contributed by atoms with Crippen LogP contribution in [0.1, 0.15) is 16.7 Å². The Bertz CT molecular complexity index is 684. The number of benzene rings is 2. The van der Waals surface area contributed by atoms with E-state index in [9.17, 15) is 5.26 Å². The summed E-state index contributed by atoms with van der Waals surface area (Å²) in [4.78, 5) is 0. The van der Waals surface area contributed by atoms with Gasteiger partial charge in [-0.15, -0.1) is 0 Å². The molecule has 0 saturated heterocycles. The highest BCUT2D eigenvalue weighted by Gasteiger charge is 2.01. The minimum absolute atomic E-state index is 0.595. The van der Waals surface area contributed by atoms with Crippen molar-refractivity contribution >= 4 is 27.6 Å². The fraction of sp³-hybridized carbons (Fsp3) is 0. The largest absolute Gasteiger partial charge is 0.192 e. The van der Waals surface area contributed by atoms with E-state index < -0.39 is 0 Å². The van der Waals surface area contributed by atoms with Crippen molar-refractivity contribution in [2.24, 2.45) is 0 Å². The van der Waals surface area contributed by atoms with Crippen molar-refractivity contribution < 1.29 is 0 Å². The van der Waals surface area contributed by atoms with Gasteiger partial charge in [-0.1, -0.05) is 40.2 Å². The molecule has 0 spiro atoms. The van der Waals surface area contributed by atoms with Crippen LogP contribution in [-0.2, 0) is 0 Å². The molecule has 2 nitrogen and oxygen atoms in total. The van der Waals surface area contributed by atoms with Crippen LogP contribution in [0.3, 0.4) is 0 Å². The lowest BCUT2D eigenvalue weighted by atomic mass is 10.0. The summed E-state index contributed by atoms with van der Waals surface area (Å²) in [5.74, 6) is 0. The molecule has 0 radical (unpaired) electrons. The molecular formula is C16H9BrN2. The lowest BCUT2D eigenvalue weighted by Crippen LogP contribution is -1.82. The van der Waals surface area contributed by atoms with Crippen LogP contribution in [0.15, 0.2) is 53.0 Å². The van der Waals surface area contributed by atoms with Crippen molar-refractivity contribution in [1.82, 2.24) is 0 Å². The van der Waals surface area contributed by atoms with Gasteiger partial charge in [-0.3, -0.25) is 0 Å². The fourth-order valence-corrected chi connectivity index (χ4v) is 1.89. The molecule has 0 fully saturated rings. The Labute approximate surface area is 120 Å². The maximum absolute atomic E-state index is 9.23. The van der Waals surface area contributed by atoms with Crippen molar-refractivity contribution in [3.63, 3.8) is 0 Å². The van der Waals surface area contributed by atoms with Crippen LogP contribution in [0.2, 0.25) is 0 Å². The summed E-state index contributed by atoms with van der Waals surface area (Å²) >= 11 is 3.37. The Balaban J connectivity index is 2.36. The SMILES string of the molecule is N#CC(=Cc1ccc(C#N)cc1)c1ccc(Br)cc1. The summed E-state index contributed by atoms with van der Waals surface area (Å²) in [6.45, 7) is 0. The molecule has 0 bridgehead atoms. The lowest BCUT2D eigenvalue weighted by molar-refractivity contribution is 1.48. The van der Waals surface area contributed by atoms with Crippen molar-refractivity contribution in [1.29, 1.82) is 10.5 Å². The molecule has 0 heterocycles. The van der Waals surface area contributed by atoms with Crippen molar-refractivity contribution in [3.05, 3.63) is 69.7 Å². The van der Waals surface area contributed by atoms with Gasteiger partial charge in [-0.25, -0.2) is 0 Å². The van der Waals surface area contributed by atoms with Gasteiger partial charge in [-0.2, -0.15) is 10.5 Å². The van der Waals surface area contributed by atoms with Crippen molar-refractivity contribution in [3.8, 4) is 12.1 Å². The van der Waals surface area contributed by atoms with E-state index in [4.69, 9.17) is 5.26 Å². The van der Waals surface area contributed by atoms with Gasteiger partial charge in [0.05, 0.1) is 23.3 Å². The van der Waals surface area contributed by atoms with Crippen LogP contribution in [0.5, 0.6) is 0 Å². The van der Waals surface area contributed by atoms with Crippen molar-refractivity contribution in [2.75, 3.05) is 0 Å². The van der Waals surface area contributed by atoms with E-state index in [1.54, 1.807) is 12.1 Å². The zero-order chi connectivity index (χ0) is 13.7. The second-order valence-corrected chi connectivity index (χ2v) is 4.83. The quantitative estimate of drug-likeness (QED) is 0.610. The highest BCUT2D eigenvalue weighted by Crippen LogP contribution is 2.20. The van der Waals surface area contributed by atoms with Crippen LogP contribution in [0, 0.1) is 22.7 Å². The number of halogens is 1. The fourth-order valence-electron chi connectivity index (χ4n) is 1.63. The van der Waals surface area contributed by atoms with Crippen LogP contribution in [0.4, 0.5) is 0 Å². The average molecular weight is 309 g/mol.